The van der Waals surface area contributed by atoms with Crippen molar-refractivity contribution >= 4 is 21.8 Å². The first kappa shape index (κ1) is 23.1. The molecule has 32 heavy (non-hydrogen) atoms. The van der Waals surface area contributed by atoms with Gasteiger partial charge in [0.25, 0.3) is 0 Å². The van der Waals surface area contributed by atoms with Crippen LogP contribution in [0.3, 0.4) is 0 Å². The van der Waals surface area contributed by atoms with Gasteiger partial charge in [0.05, 0.1) is 36.0 Å². The monoisotopic (exact) mass is 464 g/mol. The van der Waals surface area contributed by atoms with Crippen molar-refractivity contribution in [1.82, 2.24) is 10.6 Å². The summed E-state index contributed by atoms with van der Waals surface area (Å²) in [5.74, 6) is -2.23. The highest BCUT2D eigenvalue weighted by molar-refractivity contribution is 7.91. The molecule has 0 spiro atoms. The van der Waals surface area contributed by atoms with Crippen LogP contribution in [0.2, 0.25) is 0 Å². The second kappa shape index (κ2) is 9.27. The molecule has 0 saturated heterocycles. The van der Waals surface area contributed by atoms with Crippen molar-refractivity contribution in [3.63, 3.8) is 0 Å². The van der Waals surface area contributed by atoms with Gasteiger partial charge in [-0.15, -0.1) is 0 Å². The van der Waals surface area contributed by atoms with Gasteiger partial charge in [0.2, 0.25) is 0 Å². The Morgan fingerprint density at radius 2 is 1.88 bits per heavy atom. The van der Waals surface area contributed by atoms with Crippen LogP contribution in [-0.4, -0.2) is 45.0 Å². The Balaban J connectivity index is 2.12. The summed E-state index contributed by atoms with van der Waals surface area (Å²) in [5.41, 5.74) is 0.0627. The number of nitrogens with one attached hydrogen (secondary N) is 2. The minimum atomic E-state index is -4.05. The van der Waals surface area contributed by atoms with E-state index in [1.54, 1.807) is 6.92 Å². The van der Waals surface area contributed by atoms with E-state index in [4.69, 9.17) is 9.47 Å². The fraction of sp³-hybridized carbons (Fsp3) is 0.238. The van der Waals surface area contributed by atoms with Gasteiger partial charge in [-0.25, -0.2) is 22.4 Å². The zero-order chi connectivity index (χ0) is 23.5. The lowest BCUT2D eigenvalue weighted by Gasteiger charge is -2.29. The summed E-state index contributed by atoms with van der Waals surface area (Å²) in [6.07, 6.45) is 0. The number of hydrogen-bond donors (Lipinski definition) is 3. The third-order valence-electron chi connectivity index (χ3n) is 4.69. The molecule has 0 bridgehead atoms. The highest BCUT2D eigenvalue weighted by Crippen LogP contribution is 2.34. The lowest BCUT2D eigenvalue weighted by atomic mass is 9.95. The summed E-state index contributed by atoms with van der Waals surface area (Å²) < 4.78 is 49.2. The van der Waals surface area contributed by atoms with Crippen LogP contribution in [0.15, 0.2) is 58.6 Å². The number of amides is 2. The summed E-state index contributed by atoms with van der Waals surface area (Å²) in [5, 5.41) is 14.8. The average molecular weight is 464 g/mol. The van der Waals surface area contributed by atoms with Crippen LogP contribution in [0, 0.1) is 5.82 Å². The van der Waals surface area contributed by atoms with Crippen LogP contribution in [0.25, 0.3) is 0 Å². The number of esters is 1. The minimum Gasteiger partial charge on any atom is -0.504 e. The molecule has 3 N–H and O–H groups in total. The fourth-order valence-electron chi connectivity index (χ4n) is 3.22. The molecule has 170 valence electrons. The second-order valence-corrected chi connectivity index (χ2v) is 8.78. The van der Waals surface area contributed by atoms with Gasteiger partial charge in [-0.05, 0) is 48.9 Å². The molecule has 1 heterocycles. The number of sulfone groups is 1. The predicted molar refractivity (Wildman–Crippen MR) is 111 cm³/mol. The lowest BCUT2D eigenvalue weighted by Crippen LogP contribution is -2.47. The quantitative estimate of drug-likeness (QED) is 0.423. The van der Waals surface area contributed by atoms with Crippen molar-refractivity contribution in [3.8, 4) is 11.5 Å². The number of methoxy groups -OCH3 is 1. The first-order valence-corrected chi connectivity index (χ1v) is 11.1. The van der Waals surface area contributed by atoms with Crippen LogP contribution in [0.5, 0.6) is 11.5 Å². The van der Waals surface area contributed by atoms with E-state index in [0.29, 0.717) is 5.56 Å². The number of carbonyl (C=O) groups excluding carboxylic acids is 2. The summed E-state index contributed by atoms with van der Waals surface area (Å²) in [7, 11) is -2.71. The maximum absolute atomic E-state index is 13.2. The fourth-order valence-corrected chi connectivity index (χ4v) is 4.55. The van der Waals surface area contributed by atoms with Crippen molar-refractivity contribution < 1.29 is 37.0 Å². The zero-order valence-corrected chi connectivity index (χ0v) is 18.0. The van der Waals surface area contributed by atoms with Crippen LogP contribution < -0.4 is 15.4 Å². The highest BCUT2D eigenvalue weighted by Gasteiger charge is 2.36. The number of carbonyl (C=O) groups is 2. The van der Waals surface area contributed by atoms with E-state index in [0.717, 1.165) is 24.3 Å². The first-order chi connectivity index (χ1) is 15.2. The Labute approximate surface area is 183 Å². The van der Waals surface area contributed by atoms with Gasteiger partial charge in [0, 0.05) is 5.70 Å². The number of halogens is 1. The maximum Gasteiger partial charge on any atom is 0.338 e. The minimum absolute atomic E-state index is 0.0138. The lowest BCUT2D eigenvalue weighted by molar-refractivity contribution is -0.139. The molecule has 0 saturated carbocycles. The van der Waals surface area contributed by atoms with Crippen molar-refractivity contribution in [3.05, 3.63) is 65.1 Å². The molecule has 1 aliphatic heterocycles. The van der Waals surface area contributed by atoms with E-state index >= 15 is 0 Å². The highest BCUT2D eigenvalue weighted by atomic mass is 32.2. The van der Waals surface area contributed by atoms with Crippen molar-refractivity contribution in [2.45, 2.75) is 17.9 Å². The number of hydrogen-bond acceptors (Lipinski definition) is 7. The normalized spacial score (nSPS) is 16.2. The Morgan fingerprint density at radius 3 is 2.50 bits per heavy atom. The summed E-state index contributed by atoms with van der Waals surface area (Å²) in [6.45, 7) is 1.60. The van der Waals surface area contributed by atoms with E-state index in [9.17, 15) is 27.5 Å². The number of phenols is 1. The third kappa shape index (κ3) is 4.83. The molecule has 1 atom stereocenters. The Hall–Kier alpha value is -3.60. The molecule has 2 aromatic rings. The van der Waals surface area contributed by atoms with E-state index in [1.165, 1.54) is 25.3 Å². The number of ether oxygens (including phenoxy) is 2. The number of rotatable bonds is 7. The van der Waals surface area contributed by atoms with Crippen molar-refractivity contribution in [2.24, 2.45) is 0 Å². The third-order valence-corrected chi connectivity index (χ3v) is 6.35. The molecular weight excluding hydrogens is 443 g/mol. The predicted octanol–water partition coefficient (Wildman–Crippen LogP) is 2.18. The average Bonchev–Trinajstić information content (AvgIpc) is 2.73. The van der Waals surface area contributed by atoms with Gasteiger partial charge in [0.15, 0.2) is 21.3 Å². The maximum atomic E-state index is 13.2. The molecule has 0 aliphatic carbocycles. The van der Waals surface area contributed by atoms with Crippen molar-refractivity contribution in [1.29, 1.82) is 0 Å². The van der Waals surface area contributed by atoms with Crippen LogP contribution in [0.4, 0.5) is 9.18 Å². The largest absolute Gasteiger partial charge is 0.504 e. The first-order valence-electron chi connectivity index (χ1n) is 9.49. The van der Waals surface area contributed by atoms with Crippen LogP contribution >= 0.6 is 0 Å². The molecule has 3 rings (SSSR count). The molecule has 0 radical (unpaired) electrons. The Kier molecular flexibility index (Phi) is 6.68. The van der Waals surface area contributed by atoms with Crippen molar-refractivity contribution in [2.75, 3.05) is 19.5 Å². The summed E-state index contributed by atoms with van der Waals surface area (Å²) in [6, 6.07) is 6.58. The van der Waals surface area contributed by atoms with Gasteiger partial charge < -0.3 is 25.2 Å². The Bertz CT molecular complexity index is 1180. The smallest absolute Gasteiger partial charge is 0.338 e. The van der Waals surface area contributed by atoms with Gasteiger partial charge in [0.1, 0.15) is 5.82 Å². The second-order valence-electron chi connectivity index (χ2n) is 6.79. The zero-order valence-electron chi connectivity index (χ0n) is 17.2. The van der Waals surface area contributed by atoms with E-state index in [-0.39, 0.29) is 34.3 Å². The van der Waals surface area contributed by atoms with E-state index in [1.807, 2.05) is 0 Å². The number of benzene rings is 2. The molecule has 1 aliphatic rings. The summed E-state index contributed by atoms with van der Waals surface area (Å²) in [4.78, 5) is 25.0. The van der Waals surface area contributed by atoms with Gasteiger partial charge in [-0.1, -0.05) is 6.07 Å². The molecule has 11 heteroatoms. The van der Waals surface area contributed by atoms with E-state index < -0.39 is 39.4 Å². The number of urea groups is 1. The number of phenolic OH excluding ortho intramolecular Hbond substituents is 1. The van der Waals surface area contributed by atoms with Gasteiger partial charge in [-0.3, -0.25) is 0 Å². The van der Waals surface area contributed by atoms with Crippen LogP contribution in [0.1, 0.15) is 18.5 Å². The van der Waals surface area contributed by atoms with Gasteiger partial charge >= 0.3 is 12.0 Å². The molecular formula is C21H21FN2O7S. The van der Waals surface area contributed by atoms with Crippen LogP contribution in [-0.2, 0) is 19.4 Å². The molecule has 9 nitrogen and oxygen atoms in total. The topological polar surface area (TPSA) is 131 Å². The Morgan fingerprint density at radius 1 is 1.19 bits per heavy atom. The van der Waals surface area contributed by atoms with E-state index in [2.05, 4.69) is 10.6 Å². The standard InChI is InChI=1S/C21H21FN2O7S/c1-3-31-20(26)18-15(11-32(28,29)14-7-5-13(22)6-8-14)23-21(27)24-19(18)12-4-9-16(25)17(10-12)30-2/h4-10,19,25H,3,11H2,1-2H3,(H2,23,24,27)/t19-/m0/s1. The molecule has 0 unspecified atom stereocenters. The molecule has 2 amide bonds. The summed E-state index contributed by atoms with van der Waals surface area (Å²) >= 11 is 0. The SMILES string of the molecule is CCOC(=O)C1=C(CS(=O)(=O)c2ccc(F)cc2)NC(=O)N[C@H]1c1ccc(O)c(OC)c1. The van der Waals surface area contributed by atoms with Gasteiger partial charge in [-0.2, -0.15) is 0 Å². The molecule has 0 aromatic heterocycles. The molecule has 2 aromatic carbocycles. The number of aromatic hydroxyl groups is 1. The molecule has 0 fully saturated rings.